The highest BCUT2D eigenvalue weighted by Gasteiger charge is 2.22. The number of benzene rings is 2. The molecule has 2 aromatic heterocycles. The summed E-state index contributed by atoms with van der Waals surface area (Å²) in [5.41, 5.74) is 7.46. The van der Waals surface area contributed by atoms with Gasteiger partial charge in [-0.1, -0.05) is 60.7 Å². The number of carbonyl (C=O) groups is 1. The van der Waals surface area contributed by atoms with Gasteiger partial charge in [0.05, 0.1) is 16.7 Å². The van der Waals surface area contributed by atoms with Crippen molar-refractivity contribution in [3.63, 3.8) is 0 Å². The van der Waals surface area contributed by atoms with Crippen LogP contribution in [0.4, 0.5) is 5.82 Å². The lowest BCUT2D eigenvalue weighted by molar-refractivity contribution is -0.122. The SMILES string of the molecule is CCn1c(N)c(-c2csc(C)n2)c(=O)n(CC(=O)NC(Cc2ccccc2)c2ccccc2)c1=O. The van der Waals surface area contributed by atoms with Crippen molar-refractivity contribution < 1.29 is 4.79 Å². The third-order valence-corrected chi connectivity index (χ3v) is 6.55. The van der Waals surface area contributed by atoms with Crippen LogP contribution in [0.25, 0.3) is 11.3 Å². The zero-order valence-corrected chi connectivity index (χ0v) is 20.4. The van der Waals surface area contributed by atoms with Gasteiger partial charge in [0.2, 0.25) is 5.91 Å². The Kier molecular flexibility index (Phi) is 7.26. The molecular formula is C26H27N5O3S. The summed E-state index contributed by atoms with van der Waals surface area (Å²) < 4.78 is 2.22. The van der Waals surface area contributed by atoms with Gasteiger partial charge in [0.25, 0.3) is 5.56 Å². The summed E-state index contributed by atoms with van der Waals surface area (Å²) in [5.74, 6) is -0.391. The van der Waals surface area contributed by atoms with E-state index in [1.165, 1.54) is 15.9 Å². The minimum atomic E-state index is -0.628. The lowest BCUT2D eigenvalue weighted by Gasteiger charge is -2.20. The molecule has 9 heteroatoms. The number of nitrogens with one attached hydrogen (secondary N) is 1. The van der Waals surface area contributed by atoms with E-state index < -0.39 is 23.7 Å². The van der Waals surface area contributed by atoms with Gasteiger partial charge in [0.1, 0.15) is 17.9 Å². The molecule has 1 atom stereocenters. The third kappa shape index (κ3) is 5.25. The maximum absolute atomic E-state index is 13.3. The van der Waals surface area contributed by atoms with Gasteiger partial charge in [-0.15, -0.1) is 11.3 Å². The molecule has 180 valence electrons. The van der Waals surface area contributed by atoms with Crippen LogP contribution in [0.3, 0.4) is 0 Å². The first-order valence-electron chi connectivity index (χ1n) is 11.3. The maximum Gasteiger partial charge on any atom is 0.333 e. The molecule has 0 spiro atoms. The van der Waals surface area contributed by atoms with E-state index in [1.54, 1.807) is 12.3 Å². The lowest BCUT2D eigenvalue weighted by atomic mass is 9.99. The lowest BCUT2D eigenvalue weighted by Crippen LogP contribution is -2.45. The average molecular weight is 490 g/mol. The number of amides is 1. The van der Waals surface area contributed by atoms with Gasteiger partial charge in [0, 0.05) is 11.9 Å². The van der Waals surface area contributed by atoms with Gasteiger partial charge in [-0.25, -0.2) is 9.78 Å². The summed E-state index contributed by atoms with van der Waals surface area (Å²) in [5, 5.41) is 5.50. The molecule has 0 aliphatic rings. The van der Waals surface area contributed by atoms with Gasteiger partial charge in [-0.3, -0.25) is 18.7 Å². The Morgan fingerprint density at radius 1 is 1.06 bits per heavy atom. The van der Waals surface area contributed by atoms with E-state index in [-0.39, 0.29) is 24.0 Å². The Morgan fingerprint density at radius 3 is 2.31 bits per heavy atom. The van der Waals surface area contributed by atoms with Crippen LogP contribution < -0.4 is 22.3 Å². The normalized spacial score (nSPS) is 11.8. The van der Waals surface area contributed by atoms with E-state index in [2.05, 4.69) is 10.3 Å². The van der Waals surface area contributed by atoms with Crippen LogP contribution in [0, 0.1) is 6.92 Å². The Bertz CT molecular complexity index is 1440. The number of anilines is 1. The Balaban J connectivity index is 1.68. The second-order valence-electron chi connectivity index (χ2n) is 8.15. The van der Waals surface area contributed by atoms with Crippen LogP contribution in [0.5, 0.6) is 0 Å². The van der Waals surface area contributed by atoms with E-state index in [0.29, 0.717) is 12.1 Å². The smallest absolute Gasteiger partial charge is 0.333 e. The first kappa shape index (κ1) is 24.2. The number of hydrogen-bond donors (Lipinski definition) is 2. The maximum atomic E-state index is 13.3. The van der Waals surface area contributed by atoms with Gasteiger partial charge >= 0.3 is 5.69 Å². The molecule has 8 nitrogen and oxygen atoms in total. The fourth-order valence-electron chi connectivity index (χ4n) is 4.05. The minimum absolute atomic E-state index is 0.0516. The van der Waals surface area contributed by atoms with Crippen molar-refractivity contribution in [2.24, 2.45) is 0 Å². The van der Waals surface area contributed by atoms with E-state index in [9.17, 15) is 14.4 Å². The number of nitrogen functional groups attached to an aromatic ring is 1. The Morgan fingerprint density at radius 2 is 1.71 bits per heavy atom. The van der Waals surface area contributed by atoms with Crippen molar-refractivity contribution in [3.8, 4) is 11.3 Å². The summed E-state index contributed by atoms with van der Waals surface area (Å²) in [6, 6.07) is 19.1. The number of aryl methyl sites for hydroxylation is 1. The van der Waals surface area contributed by atoms with Crippen molar-refractivity contribution in [1.29, 1.82) is 0 Å². The van der Waals surface area contributed by atoms with Crippen molar-refractivity contribution >= 4 is 23.1 Å². The summed E-state index contributed by atoms with van der Waals surface area (Å²) >= 11 is 1.38. The number of nitrogens with two attached hydrogens (primary N) is 1. The second-order valence-corrected chi connectivity index (χ2v) is 9.21. The molecule has 0 radical (unpaired) electrons. The van der Waals surface area contributed by atoms with Crippen LogP contribution in [0.2, 0.25) is 0 Å². The fourth-order valence-corrected chi connectivity index (χ4v) is 4.65. The largest absolute Gasteiger partial charge is 0.384 e. The molecule has 3 N–H and O–H groups in total. The average Bonchev–Trinajstić information content (AvgIpc) is 3.28. The number of rotatable bonds is 8. The number of hydrogen-bond acceptors (Lipinski definition) is 6. The summed E-state index contributed by atoms with van der Waals surface area (Å²) in [6.07, 6.45) is 0.565. The predicted octanol–water partition coefficient (Wildman–Crippen LogP) is 3.14. The summed E-state index contributed by atoms with van der Waals surface area (Å²) in [6.45, 7) is 3.41. The van der Waals surface area contributed by atoms with Crippen LogP contribution >= 0.6 is 11.3 Å². The number of carbonyl (C=O) groups excluding carboxylic acids is 1. The zero-order valence-electron chi connectivity index (χ0n) is 19.6. The molecule has 0 aliphatic heterocycles. The monoisotopic (exact) mass is 489 g/mol. The Labute approximate surface area is 206 Å². The second kappa shape index (κ2) is 10.5. The summed E-state index contributed by atoms with van der Waals surface area (Å²) in [7, 11) is 0. The highest BCUT2D eigenvalue weighted by atomic mass is 32.1. The number of nitrogens with zero attached hydrogens (tertiary/aromatic N) is 3. The molecule has 1 amide bonds. The zero-order chi connectivity index (χ0) is 24.9. The Hall–Kier alpha value is -3.98. The predicted molar refractivity (Wildman–Crippen MR) is 138 cm³/mol. The molecule has 1 unspecified atom stereocenters. The molecule has 0 fully saturated rings. The summed E-state index contributed by atoms with van der Waals surface area (Å²) in [4.78, 5) is 43.9. The van der Waals surface area contributed by atoms with Crippen molar-refractivity contribution in [1.82, 2.24) is 19.4 Å². The van der Waals surface area contributed by atoms with Gasteiger partial charge in [-0.2, -0.15) is 0 Å². The number of thiazole rings is 1. The highest BCUT2D eigenvalue weighted by Crippen LogP contribution is 2.23. The van der Waals surface area contributed by atoms with Crippen LogP contribution in [-0.2, 0) is 24.3 Å². The standard InChI is InChI=1S/C26H27N5O3S/c1-3-30-24(27)23(21-16-35-17(2)28-21)25(33)31(26(30)34)15-22(32)29-20(19-12-8-5-9-13-19)14-18-10-6-4-7-11-18/h4-13,16,20H,3,14-15,27H2,1-2H3,(H,29,32). The van der Waals surface area contributed by atoms with E-state index in [0.717, 1.165) is 20.7 Å². The molecule has 0 saturated heterocycles. The van der Waals surface area contributed by atoms with E-state index in [4.69, 9.17) is 5.73 Å². The molecule has 4 rings (SSSR count). The van der Waals surface area contributed by atoms with Gasteiger partial charge in [-0.05, 0) is 31.4 Å². The van der Waals surface area contributed by atoms with Crippen molar-refractivity contribution in [2.45, 2.75) is 39.4 Å². The van der Waals surface area contributed by atoms with Crippen molar-refractivity contribution in [2.75, 3.05) is 5.73 Å². The minimum Gasteiger partial charge on any atom is -0.384 e. The molecular weight excluding hydrogens is 462 g/mol. The third-order valence-electron chi connectivity index (χ3n) is 5.78. The first-order chi connectivity index (χ1) is 16.9. The molecule has 2 heterocycles. The molecule has 4 aromatic rings. The molecule has 0 saturated carbocycles. The molecule has 0 bridgehead atoms. The van der Waals surface area contributed by atoms with Crippen LogP contribution in [-0.4, -0.2) is 20.0 Å². The van der Waals surface area contributed by atoms with E-state index in [1.807, 2.05) is 67.6 Å². The number of aromatic nitrogens is 3. The molecule has 35 heavy (non-hydrogen) atoms. The molecule has 2 aromatic carbocycles. The van der Waals surface area contributed by atoms with Crippen LogP contribution in [0.1, 0.15) is 29.1 Å². The fraction of sp³-hybridized carbons (Fsp3) is 0.231. The van der Waals surface area contributed by atoms with Gasteiger partial charge in [0.15, 0.2) is 0 Å². The first-order valence-corrected chi connectivity index (χ1v) is 12.2. The topological polar surface area (TPSA) is 112 Å². The highest BCUT2D eigenvalue weighted by molar-refractivity contribution is 7.09. The van der Waals surface area contributed by atoms with Gasteiger partial charge < -0.3 is 11.1 Å². The van der Waals surface area contributed by atoms with Crippen LogP contribution in [0.15, 0.2) is 75.6 Å². The molecule has 0 aliphatic carbocycles. The van der Waals surface area contributed by atoms with Crippen molar-refractivity contribution in [3.05, 3.63) is 103 Å². The quantitative estimate of drug-likeness (QED) is 0.395. The van der Waals surface area contributed by atoms with E-state index >= 15 is 0 Å².